The normalized spacial score (nSPS) is 14.3. The number of fused-ring (bicyclic) bond motifs is 1. The molecule has 0 unspecified atom stereocenters. The van der Waals surface area contributed by atoms with E-state index < -0.39 is 0 Å². The molecule has 0 bridgehead atoms. The lowest BCUT2D eigenvalue weighted by Crippen LogP contribution is -2.38. The largest absolute Gasteiger partial charge is 0.309 e. The quantitative estimate of drug-likeness (QED) is 0.779. The van der Waals surface area contributed by atoms with Gasteiger partial charge in [-0.2, -0.15) is 0 Å². The summed E-state index contributed by atoms with van der Waals surface area (Å²) in [7, 11) is 0. The fourth-order valence-electron chi connectivity index (χ4n) is 3.01. The summed E-state index contributed by atoms with van der Waals surface area (Å²) in [5, 5.41) is 5.28. The number of benzene rings is 1. The minimum atomic E-state index is 0.0891. The van der Waals surface area contributed by atoms with Crippen molar-refractivity contribution in [3.8, 4) is 0 Å². The molecule has 3 rings (SSSR count). The summed E-state index contributed by atoms with van der Waals surface area (Å²) in [6.07, 6.45) is 4.57. The predicted octanol–water partition coefficient (Wildman–Crippen LogP) is 3.54. The van der Waals surface area contributed by atoms with Gasteiger partial charge >= 0.3 is 0 Å². The van der Waals surface area contributed by atoms with Crippen molar-refractivity contribution in [2.24, 2.45) is 0 Å². The van der Waals surface area contributed by atoms with E-state index in [9.17, 15) is 4.79 Å². The molecule has 2 aromatic rings. The van der Waals surface area contributed by atoms with Gasteiger partial charge in [0.05, 0.1) is 5.75 Å². The van der Waals surface area contributed by atoms with Crippen molar-refractivity contribution in [2.45, 2.75) is 57.3 Å². The first-order valence-electron chi connectivity index (χ1n) is 8.59. The number of anilines is 1. The molecule has 1 aromatic carbocycles. The van der Waals surface area contributed by atoms with Crippen LogP contribution < -0.4 is 4.90 Å². The fraction of sp³-hybridized carbons (Fsp3) is 0.500. The van der Waals surface area contributed by atoms with Crippen molar-refractivity contribution >= 4 is 23.4 Å². The first-order chi connectivity index (χ1) is 11.6. The van der Waals surface area contributed by atoms with Gasteiger partial charge in [-0.05, 0) is 38.8 Å². The summed E-state index contributed by atoms with van der Waals surface area (Å²) in [6.45, 7) is 5.01. The van der Waals surface area contributed by atoms with Gasteiger partial charge in [0.15, 0.2) is 0 Å². The van der Waals surface area contributed by atoms with Crippen LogP contribution >= 0.6 is 11.8 Å². The molecule has 24 heavy (non-hydrogen) atoms. The van der Waals surface area contributed by atoms with Crippen LogP contribution in [0.2, 0.25) is 0 Å². The lowest BCUT2D eigenvalue weighted by Gasteiger charge is -2.26. The van der Waals surface area contributed by atoms with Crippen LogP contribution in [0.5, 0.6) is 0 Å². The van der Waals surface area contributed by atoms with Crippen LogP contribution in [0.15, 0.2) is 35.5 Å². The van der Waals surface area contributed by atoms with Crippen LogP contribution in [-0.4, -0.2) is 32.5 Å². The van der Waals surface area contributed by atoms with Crippen molar-refractivity contribution in [3.05, 3.63) is 36.2 Å². The van der Waals surface area contributed by atoms with Crippen LogP contribution in [-0.2, 0) is 17.8 Å². The van der Waals surface area contributed by atoms with Crippen LogP contribution in [0, 0.1) is 0 Å². The highest BCUT2D eigenvalue weighted by Crippen LogP contribution is 2.22. The number of carbonyl (C=O) groups is 1. The van der Waals surface area contributed by atoms with E-state index >= 15 is 0 Å². The zero-order valence-electron chi connectivity index (χ0n) is 14.3. The smallest absolute Gasteiger partial charge is 0.237 e. The molecular weight excluding hydrogens is 320 g/mol. The van der Waals surface area contributed by atoms with Crippen LogP contribution in [0.4, 0.5) is 5.69 Å². The Bertz CT molecular complexity index is 660. The molecule has 2 heterocycles. The first-order valence-corrected chi connectivity index (χ1v) is 9.57. The highest BCUT2D eigenvalue weighted by molar-refractivity contribution is 7.99. The molecule has 1 aromatic heterocycles. The second-order valence-corrected chi connectivity index (χ2v) is 7.27. The van der Waals surface area contributed by atoms with Crippen LogP contribution in [0.25, 0.3) is 0 Å². The van der Waals surface area contributed by atoms with Crippen molar-refractivity contribution in [3.63, 3.8) is 0 Å². The van der Waals surface area contributed by atoms with E-state index in [-0.39, 0.29) is 11.9 Å². The van der Waals surface area contributed by atoms with Gasteiger partial charge in [-0.1, -0.05) is 36.4 Å². The molecule has 0 aliphatic carbocycles. The lowest BCUT2D eigenvalue weighted by molar-refractivity contribution is -0.116. The molecule has 5 nitrogen and oxygen atoms in total. The molecule has 1 amide bonds. The third kappa shape index (κ3) is 3.98. The molecule has 0 spiro atoms. The van der Waals surface area contributed by atoms with Gasteiger partial charge in [-0.25, -0.2) is 9.67 Å². The van der Waals surface area contributed by atoms with Crippen molar-refractivity contribution in [1.29, 1.82) is 0 Å². The van der Waals surface area contributed by atoms with Gasteiger partial charge in [-0.15, -0.1) is 5.10 Å². The summed E-state index contributed by atoms with van der Waals surface area (Å²) in [4.78, 5) is 19.1. The number of hydrogen-bond acceptors (Lipinski definition) is 4. The Kier molecular flexibility index (Phi) is 5.56. The van der Waals surface area contributed by atoms with Crippen molar-refractivity contribution < 1.29 is 4.79 Å². The average Bonchev–Trinajstić information content (AvgIpc) is 2.83. The van der Waals surface area contributed by atoms with Crippen molar-refractivity contribution in [2.75, 3.05) is 10.7 Å². The number of hydrogen-bond donors (Lipinski definition) is 0. The summed E-state index contributed by atoms with van der Waals surface area (Å²) in [6, 6.07) is 9.94. The summed E-state index contributed by atoms with van der Waals surface area (Å²) in [5.74, 6) is 1.51. The van der Waals surface area contributed by atoms with E-state index in [1.54, 1.807) is 0 Å². The summed E-state index contributed by atoms with van der Waals surface area (Å²) in [5.41, 5.74) is 0.937. The number of amides is 1. The maximum absolute atomic E-state index is 12.7. The third-order valence-corrected chi connectivity index (χ3v) is 4.97. The third-order valence-electron chi connectivity index (χ3n) is 4.14. The summed E-state index contributed by atoms with van der Waals surface area (Å²) >= 11 is 1.43. The number of aryl methyl sites for hydroxylation is 2. The van der Waals surface area contributed by atoms with Gasteiger partial charge < -0.3 is 4.90 Å². The Labute approximate surface area is 147 Å². The molecule has 0 saturated carbocycles. The van der Waals surface area contributed by atoms with Gasteiger partial charge in [0.1, 0.15) is 5.82 Å². The molecular formula is C18H24N4OS. The topological polar surface area (TPSA) is 51.0 Å². The van der Waals surface area contributed by atoms with E-state index in [0.717, 1.165) is 36.1 Å². The molecule has 128 valence electrons. The van der Waals surface area contributed by atoms with E-state index in [0.29, 0.717) is 5.75 Å². The number of carbonyl (C=O) groups excluding carboxylic acids is 1. The van der Waals surface area contributed by atoms with Gasteiger partial charge in [0.25, 0.3) is 0 Å². The Morgan fingerprint density at radius 3 is 2.79 bits per heavy atom. The standard InChI is InChI=1S/C18H24N4OS/c1-14(2)22(15-9-5-3-6-10-15)17(23)13-24-18-19-16-11-7-4-8-12-21(16)20-18/h3,5-6,9-10,14H,4,7-8,11-13H2,1-2H3. The Morgan fingerprint density at radius 2 is 2.04 bits per heavy atom. The van der Waals surface area contributed by atoms with Crippen molar-refractivity contribution in [1.82, 2.24) is 14.8 Å². The Hall–Kier alpha value is -1.82. The molecule has 0 radical (unpaired) electrons. The van der Waals surface area contributed by atoms with Crippen LogP contribution in [0.1, 0.15) is 38.9 Å². The Balaban J connectivity index is 1.66. The van der Waals surface area contributed by atoms with Gasteiger partial charge in [0, 0.05) is 24.7 Å². The maximum Gasteiger partial charge on any atom is 0.237 e. The molecule has 0 N–H and O–H groups in total. The minimum absolute atomic E-state index is 0.0891. The fourth-order valence-corrected chi connectivity index (χ4v) is 3.73. The molecule has 1 aliphatic rings. The molecule has 0 saturated heterocycles. The highest BCUT2D eigenvalue weighted by Gasteiger charge is 2.20. The second kappa shape index (κ2) is 7.83. The number of aromatic nitrogens is 3. The number of para-hydroxylation sites is 1. The SMILES string of the molecule is CC(C)N(C(=O)CSc1nc2n(n1)CCCCC2)c1ccccc1. The summed E-state index contributed by atoms with van der Waals surface area (Å²) < 4.78 is 2.01. The first kappa shape index (κ1) is 17.0. The lowest BCUT2D eigenvalue weighted by atomic mass is 10.2. The molecule has 6 heteroatoms. The van der Waals surface area contributed by atoms with E-state index in [1.807, 2.05) is 53.8 Å². The van der Waals surface area contributed by atoms with E-state index in [2.05, 4.69) is 10.1 Å². The van der Waals surface area contributed by atoms with E-state index in [1.165, 1.54) is 24.6 Å². The van der Waals surface area contributed by atoms with Gasteiger partial charge in [0.2, 0.25) is 11.1 Å². The number of nitrogens with zero attached hydrogens (tertiary/aromatic N) is 4. The zero-order chi connectivity index (χ0) is 16.9. The number of rotatable bonds is 5. The maximum atomic E-state index is 12.7. The Morgan fingerprint density at radius 1 is 1.25 bits per heavy atom. The van der Waals surface area contributed by atoms with E-state index in [4.69, 9.17) is 0 Å². The van der Waals surface area contributed by atoms with Crippen LogP contribution in [0.3, 0.4) is 0 Å². The van der Waals surface area contributed by atoms with Gasteiger partial charge in [-0.3, -0.25) is 4.79 Å². The number of thioether (sulfide) groups is 1. The molecule has 1 aliphatic heterocycles. The molecule has 0 fully saturated rings. The highest BCUT2D eigenvalue weighted by atomic mass is 32.2. The average molecular weight is 344 g/mol. The predicted molar refractivity (Wildman–Crippen MR) is 97.4 cm³/mol. The second-order valence-electron chi connectivity index (χ2n) is 6.33. The minimum Gasteiger partial charge on any atom is -0.309 e. The monoisotopic (exact) mass is 344 g/mol. The zero-order valence-corrected chi connectivity index (χ0v) is 15.1. The molecule has 0 atom stereocenters.